The third-order valence-corrected chi connectivity index (χ3v) is 5.37. The van der Waals surface area contributed by atoms with Gasteiger partial charge in [-0.25, -0.2) is 9.69 Å². The predicted octanol–water partition coefficient (Wildman–Crippen LogP) is 2.18. The first kappa shape index (κ1) is 14.8. The van der Waals surface area contributed by atoms with Crippen molar-refractivity contribution in [3.63, 3.8) is 0 Å². The first-order chi connectivity index (χ1) is 10.0. The molecule has 5 heteroatoms. The van der Waals surface area contributed by atoms with E-state index in [1.165, 1.54) is 37.0 Å². The SMILES string of the molecule is CN(CC1CCCCC1)CN1C(=O)NC(C)(C2CC2)C1=O. The Bertz CT molecular complexity index is 429. The number of amides is 3. The molecule has 3 aliphatic rings. The Morgan fingerprint density at radius 3 is 2.48 bits per heavy atom. The molecule has 0 aromatic rings. The van der Waals surface area contributed by atoms with Gasteiger partial charge in [-0.3, -0.25) is 9.69 Å². The minimum atomic E-state index is -0.650. The van der Waals surface area contributed by atoms with Crippen LogP contribution >= 0.6 is 0 Å². The summed E-state index contributed by atoms with van der Waals surface area (Å²) in [5.74, 6) is 1.02. The summed E-state index contributed by atoms with van der Waals surface area (Å²) in [6.07, 6.45) is 8.66. The quantitative estimate of drug-likeness (QED) is 0.790. The van der Waals surface area contributed by atoms with Crippen LogP contribution in [0.4, 0.5) is 4.79 Å². The van der Waals surface area contributed by atoms with E-state index in [-0.39, 0.29) is 11.9 Å². The summed E-state index contributed by atoms with van der Waals surface area (Å²) in [6.45, 7) is 3.28. The zero-order valence-corrected chi connectivity index (χ0v) is 13.2. The van der Waals surface area contributed by atoms with E-state index >= 15 is 0 Å². The van der Waals surface area contributed by atoms with Crippen LogP contribution in [0, 0.1) is 11.8 Å². The van der Waals surface area contributed by atoms with Crippen molar-refractivity contribution < 1.29 is 9.59 Å². The highest BCUT2D eigenvalue weighted by molar-refractivity contribution is 6.07. The molecule has 3 fully saturated rings. The molecule has 1 atom stereocenters. The topological polar surface area (TPSA) is 52.6 Å². The third-order valence-electron chi connectivity index (χ3n) is 5.37. The van der Waals surface area contributed by atoms with Gasteiger partial charge < -0.3 is 5.32 Å². The molecule has 1 N–H and O–H groups in total. The molecule has 3 rings (SSSR count). The van der Waals surface area contributed by atoms with Gasteiger partial charge in [0.2, 0.25) is 0 Å². The van der Waals surface area contributed by atoms with Gasteiger partial charge in [-0.05, 0) is 51.5 Å². The van der Waals surface area contributed by atoms with Crippen molar-refractivity contribution in [3.05, 3.63) is 0 Å². The molecule has 2 saturated carbocycles. The van der Waals surface area contributed by atoms with E-state index in [1.54, 1.807) is 0 Å². The van der Waals surface area contributed by atoms with Gasteiger partial charge in [-0.15, -0.1) is 0 Å². The van der Waals surface area contributed by atoms with Crippen molar-refractivity contribution in [2.75, 3.05) is 20.3 Å². The Morgan fingerprint density at radius 2 is 1.86 bits per heavy atom. The lowest BCUT2D eigenvalue weighted by molar-refractivity contribution is -0.132. The number of imide groups is 1. The minimum Gasteiger partial charge on any atom is -0.323 e. The normalized spacial score (nSPS) is 31.1. The van der Waals surface area contributed by atoms with Crippen LogP contribution in [0.15, 0.2) is 0 Å². The fraction of sp³-hybridized carbons (Fsp3) is 0.875. The number of urea groups is 1. The maximum Gasteiger partial charge on any atom is 0.326 e. The summed E-state index contributed by atoms with van der Waals surface area (Å²) >= 11 is 0. The van der Waals surface area contributed by atoms with E-state index in [0.29, 0.717) is 12.6 Å². The molecule has 118 valence electrons. The monoisotopic (exact) mass is 293 g/mol. The van der Waals surface area contributed by atoms with E-state index in [1.807, 2.05) is 14.0 Å². The first-order valence-corrected chi connectivity index (χ1v) is 8.33. The molecule has 0 aromatic carbocycles. The van der Waals surface area contributed by atoms with Gasteiger partial charge in [-0.1, -0.05) is 19.3 Å². The molecule has 0 spiro atoms. The van der Waals surface area contributed by atoms with E-state index < -0.39 is 5.54 Å². The smallest absolute Gasteiger partial charge is 0.323 e. The van der Waals surface area contributed by atoms with Gasteiger partial charge in [0.05, 0.1) is 6.67 Å². The Hall–Kier alpha value is -1.10. The second-order valence-corrected chi connectivity index (χ2v) is 7.32. The zero-order valence-electron chi connectivity index (χ0n) is 13.2. The van der Waals surface area contributed by atoms with Crippen LogP contribution in [0.1, 0.15) is 51.9 Å². The lowest BCUT2D eigenvalue weighted by Crippen LogP contribution is -2.47. The second-order valence-electron chi connectivity index (χ2n) is 7.32. The van der Waals surface area contributed by atoms with Crippen molar-refractivity contribution in [1.82, 2.24) is 15.1 Å². The predicted molar refractivity (Wildman–Crippen MR) is 80.6 cm³/mol. The number of carbonyl (C=O) groups is 2. The number of hydrogen-bond acceptors (Lipinski definition) is 3. The van der Waals surface area contributed by atoms with Gasteiger partial charge in [0.25, 0.3) is 5.91 Å². The summed E-state index contributed by atoms with van der Waals surface area (Å²) < 4.78 is 0. The Kier molecular flexibility index (Phi) is 3.95. The number of rotatable bonds is 5. The van der Waals surface area contributed by atoms with Gasteiger partial charge in [0, 0.05) is 6.54 Å². The van der Waals surface area contributed by atoms with Crippen molar-refractivity contribution in [3.8, 4) is 0 Å². The number of nitrogens with one attached hydrogen (secondary N) is 1. The molecule has 0 bridgehead atoms. The highest BCUT2D eigenvalue weighted by Gasteiger charge is 2.56. The van der Waals surface area contributed by atoms with Crippen molar-refractivity contribution in [2.24, 2.45) is 11.8 Å². The van der Waals surface area contributed by atoms with Gasteiger partial charge >= 0.3 is 6.03 Å². The maximum absolute atomic E-state index is 12.6. The highest BCUT2D eigenvalue weighted by atomic mass is 16.2. The van der Waals surface area contributed by atoms with Gasteiger partial charge in [0.1, 0.15) is 5.54 Å². The van der Waals surface area contributed by atoms with E-state index in [4.69, 9.17) is 0 Å². The summed E-state index contributed by atoms with van der Waals surface area (Å²) in [4.78, 5) is 28.2. The fourth-order valence-electron chi connectivity index (χ4n) is 3.89. The molecule has 3 amide bonds. The number of nitrogens with zero attached hydrogens (tertiary/aromatic N) is 2. The van der Waals surface area contributed by atoms with E-state index in [0.717, 1.165) is 25.3 Å². The maximum atomic E-state index is 12.6. The van der Waals surface area contributed by atoms with Crippen molar-refractivity contribution in [1.29, 1.82) is 0 Å². The average Bonchev–Trinajstić information content (AvgIpc) is 3.26. The van der Waals surface area contributed by atoms with Crippen LogP contribution < -0.4 is 5.32 Å². The lowest BCUT2D eigenvalue weighted by Gasteiger charge is -2.29. The fourth-order valence-corrected chi connectivity index (χ4v) is 3.89. The van der Waals surface area contributed by atoms with Crippen LogP contribution in [-0.4, -0.2) is 47.5 Å². The van der Waals surface area contributed by atoms with Gasteiger partial charge in [0.15, 0.2) is 0 Å². The molecular formula is C16H27N3O2. The Balaban J connectivity index is 1.56. The number of hydrogen-bond donors (Lipinski definition) is 1. The van der Waals surface area contributed by atoms with Crippen molar-refractivity contribution in [2.45, 2.75) is 57.4 Å². The summed E-state index contributed by atoms with van der Waals surface area (Å²) in [5, 5.41) is 2.91. The molecule has 0 aromatic heterocycles. The Labute approximate surface area is 127 Å². The molecule has 1 aliphatic heterocycles. The summed E-state index contributed by atoms with van der Waals surface area (Å²) in [7, 11) is 2.02. The molecule has 21 heavy (non-hydrogen) atoms. The molecule has 0 radical (unpaired) electrons. The standard InChI is InChI=1S/C16H27N3O2/c1-16(13-8-9-13)14(20)19(15(21)17-16)11-18(2)10-12-6-4-3-5-7-12/h12-13H,3-11H2,1-2H3,(H,17,21). The zero-order chi connectivity index (χ0) is 15.0. The van der Waals surface area contributed by atoms with Gasteiger partial charge in [-0.2, -0.15) is 0 Å². The third kappa shape index (κ3) is 2.93. The molecule has 5 nitrogen and oxygen atoms in total. The molecule has 1 saturated heterocycles. The van der Waals surface area contributed by atoms with Crippen LogP contribution in [-0.2, 0) is 4.79 Å². The largest absolute Gasteiger partial charge is 0.326 e. The second kappa shape index (κ2) is 5.59. The molecule has 2 aliphatic carbocycles. The molecular weight excluding hydrogens is 266 g/mol. The van der Waals surface area contributed by atoms with E-state index in [2.05, 4.69) is 10.2 Å². The van der Waals surface area contributed by atoms with Crippen LogP contribution in [0.2, 0.25) is 0 Å². The number of carbonyl (C=O) groups excluding carboxylic acids is 2. The van der Waals surface area contributed by atoms with Crippen LogP contribution in [0.3, 0.4) is 0 Å². The first-order valence-electron chi connectivity index (χ1n) is 8.33. The summed E-state index contributed by atoms with van der Waals surface area (Å²) in [6, 6.07) is -0.218. The molecule has 1 unspecified atom stereocenters. The van der Waals surface area contributed by atoms with Crippen LogP contribution in [0.5, 0.6) is 0 Å². The lowest BCUT2D eigenvalue weighted by atomic mass is 9.89. The van der Waals surface area contributed by atoms with Crippen LogP contribution in [0.25, 0.3) is 0 Å². The molecule has 1 heterocycles. The minimum absolute atomic E-state index is 0.0366. The average molecular weight is 293 g/mol. The van der Waals surface area contributed by atoms with Crippen molar-refractivity contribution >= 4 is 11.9 Å². The Morgan fingerprint density at radius 1 is 1.19 bits per heavy atom. The van der Waals surface area contributed by atoms with E-state index in [9.17, 15) is 9.59 Å². The highest BCUT2D eigenvalue weighted by Crippen LogP contribution is 2.42. The summed E-state index contributed by atoms with van der Waals surface area (Å²) in [5.41, 5.74) is -0.650.